The SMILES string of the molecule is NC1CNCCC1c1ccsc1. The summed E-state index contributed by atoms with van der Waals surface area (Å²) in [6.45, 7) is 2.06. The van der Waals surface area contributed by atoms with E-state index < -0.39 is 0 Å². The topological polar surface area (TPSA) is 38.0 Å². The van der Waals surface area contributed by atoms with Crippen molar-refractivity contribution in [1.82, 2.24) is 5.32 Å². The maximum Gasteiger partial charge on any atom is 0.0235 e. The van der Waals surface area contributed by atoms with Crippen LogP contribution in [0.3, 0.4) is 0 Å². The number of hydrogen-bond acceptors (Lipinski definition) is 3. The van der Waals surface area contributed by atoms with Gasteiger partial charge in [-0.05, 0) is 35.4 Å². The highest BCUT2D eigenvalue weighted by atomic mass is 32.1. The number of rotatable bonds is 1. The van der Waals surface area contributed by atoms with Gasteiger partial charge < -0.3 is 11.1 Å². The maximum absolute atomic E-state index is 6.01. The summed E-state index contributed by atoms with van der Waals surface area (Å²) >= 11 is 1.76. The molecule has 0 spiro atoms. The van der Waals surface area contributed by atoms with Gasteiger partial charge in [0.25, 0.3) is 0 Å². The van der Waals surface area contributed by atoms with Crippen molar-refractivity contribution < 1.29 is 0 Å². The molecule has 0 bridgehead atoms. The van der Waals surface area contributed by atoms with Crippen LogP contribution in [-0.2, 0) is 0 Å². The summed E-state index contributed by atoms with van der Waals surface area (Å²) in [5, 5.41) is 7.65. The molecule has 2 heterocycles. The average molecular weight is 182 g/mol. The minimum Gasteiger partial charge on any atom is -0.326 e. The molecule has 2 atom stereocenters. The molecule has 0 amide bonds. The summed E-state index contributed by atoms with van der Waals surface area (Å²) in [4.78, 5) is 0. The zero-order valence-corrected chi connectivity index (χ0v) is 7.81. The largest absolute Gasteiger partial charge is 0.326 e. The van der Waals surface area contributed by atoms with Gasteiger partial charge in [0.05, 0.1) is 0 Å². The predicted molar refractivity (Wildman–Crippen MR) is 52.5 cm³/mol. The van der Waals surface area contributed by atoms with Gasteiger partial charge in [0.15, 0.2) is 0 Å². The fraction of sp³-hybridized carbons (Fsp3) is 0.556. The molecule has 1 aromatic heterocycles. The Kier molecular flexibility index (Phi) is 2.44. The summed E-state index contributed by atoms with van der Waals surface area (Å²) in [6.07, 6.45) is 1.18. The number of piperidine rings is 1. The minimum atomic E-state index is 0.299. The van der Waals surface area contributed by atoms with E-state index >= 15 is 0 Å². The van der Waals surface area contributed by atoms with Crippen LogP contribution in [0.25, 0.3) is 0 Å². The lowest BCUT2D eigenvalue weighted by molar-refractivity contribution is 0.403. The maximum atomic E-state index is 6.01. The van der Waals surface area contributed by atoms with E-state index in [4.69, 9.17) is 5.73 Å². The monoisotopic (exact) mass is 182 g/mol. The minimum absolute atomic E-state index is 0.299. The van der Waals surface area contributed by atoms with Crippen molar-refractivity contribution in [3.05, 3.63) is 22.4 Å². The predicted octanol–water partition coefficient (Wildman–Crippen LogP) is 1.15. The van der Waals surface area contributed by atoms with E-state index in [9.17, 15) is 0 Å². The van der Waals surface area contributed by atoms with E-state index in [1.54, 1.807) is 11.3 Å². The Labute approximate surface area is 76.8 Å². The molecule has 2 rings (SSSR count). The fourth-order valence-corrected chi connectivity index (χ4v) is 2.51. The van der Waals surface area contributed by atoms with Gasteiger partial charge in [-0.2, -0.15) is 11.3 Å². The van der Waals surface area contributed by atoms with E-state index in [0.29, 0.717) is 12.0 Å². The third kappa shape index (κ3) is 1.53. The van der Waals surface area contributed by atoms with Gasteiger partial charge in [-0.15, -0.1) is 0 Å². The van der Waals surface area contributed by atoms with Crippen LogP contribution in [-0.4, -0.2) is 19.1 Å². The summed E-state index contributed by atoms with van der Waals surface area (Å²) in [7, 11) is 0. The molecular formula is C9H14N2S. The molecule has 1 fully saturated rings. The van der Waals surface area contributed by atoms with Crippen molar-refractivity contribution in [2.45, 2.75) is 18.4 Å². The second kappa shape index (κ2) is 3.56. The molecule has 1 saturated heterocycles. The van der Waals surface area contributed by atoms with Crippen LogP contribution in [0.15, 0.2) is 16.8 Å². The molecular weight excluding hydrogens is 168 g/mol. The van der Waals surface area contributed by atoms with Crippen molar-refractivity contribution in [2.75, 3.05) is 13.1 Å². The van der Waals surface area contributed by atoms with Crippen LogP contribution in [0.5, 0.6) is 0 Å². The van der Waals surface area contributed by atoms with Crippen LogP contribution in [0.4, 0.5) is 0 Å². The molecule has 0 saturated carbocycles. The molecule has 66 valence electrons. The van der Waals surface area contributed by atoms with Crippen molar-refractivity contribution >= 4 is 11.3 Å². The fourth-order valence-electron chi connectivity index (χ4n) is 1.78. The van der Waals surface area contributed by atoms with Crippen LogP contribution in [0.1, 0.15) is 17.9 Å². The first-order chi connectivity index (χ1) is 5.88. The lowest BCUT2D eigenvalue weighted by atomic mass is 9.88. The molecule has 3 heteroatoms. The summed E-state index contributed by atoms with van der Waals surface area (Å²) in [5.74, 6) is 0.581. The molecule has 1 aromatic rings. The first-order valence-electron chi connectivity index (χ1n) is 4.36. The Morgan fingerprint density at radius 2 is 2.50 bits per heavy atom. The Balaban J connectivity index is 2.11. The van der Waals surface area contributed by atoms with Crippen molar-refractivity contribution in [3.8, 4) is 0 Å². The summed E-state index contributed by atoms with van der Waals surface area (Å²) < 4.78 is 0. The number of hydrogen-bond donors (Lipinski definition) is 2. The second-order valence-corrected chi connectivity index (χ2v) is 4.10. The number of nitrogens with one attached hydrogen (secondary N) is 1. The van der Waals surface area contributed by atoms with Gasteiger partial charge in [-0.3, -0.25) is 0 Å². The molecule has 1 aliphatic heterocycles. The van der Waals surface area contributed by atoms with Crippen LogP contribution in [0, 0.1) is 0 Å². The van der Waals surface area contributed by atoms with E-state index in [0.717, 1.165) is 13.1 Å². The lowest BCUT2D eigenvalue weighted by Gasteiger charge is -2.28. The molecule has 2 unspecified atom stereocenters. The summed E-state index contributed by atoms with van der Waals surface area (Å²) in [6, 6.07) is 2.49. The summed E-state index contributed by atoms with van der Waals surface area (Å²) in [5.41, 5.74) is 7.44. The van der Waals surface area contributed by atoms with Gasteiger partial charge in [0.2, 0.25) is 0 Å². The normalized spacial score (nSPS) is 30.4. The smallest absolute Gasteiger partial charge is 0.0235 e. The third-order valence-electron chi connectivity index (χ3n) is 2.50. The molecule has 1 aliphatic rings. The van der Waals surface area contributed by atoms with E-state index in [2.05, 4.69) is 22.1 Å². The van der Waals surface area contributed by atoms with E-state index in [1.807, 2.05) is 0 Å². The number of nitrogens with two attached hydrogens (primary N) is 1. The van der Waals surface area contributed by atoms with Gasteiger partial charge in [0.1, 0.15) is 0 Å². The molecule has 12 heavy (non-hydrogen) atoms. The molecule has 0 radical (unpaired) electrons. The Morgan fingerprint density at radius 1 is 1.58 bits per heavy atom. The standard InChI is InChI=1S/C9H14N2S/c10-9-5-11-3-1-8(9)7-2-4-12-6-7/h2,4,6,8-9,11H,1,3,5,10H2. The number of thiophene rings is 1. The van der Waals surface area contributed by atoms with Crippen molar-refractivity contribution in [1.29, 1.82) is 0 Å². The van der Waals surface area contributed by atoms with Gasteiger partial charge in [0, 0.05) is 18.5 Å². The van der Waals surface area contributed by atoms with E-state index in [1.165, 1.54) is 12.0 Å². The average Bonchev–Trinajstić information content (AvgIpc) is 2.57. The molecule has 0 aliphatic carbocycles. The highest BCUT2D eigenvalue weighted by Gasteiger charge is 2.22. The zero-order chi connectivity index (χ0) is 8.39. The van der Waals surface area contributed by atoms with Crippen molar-refractivity contribution in [2.24, 2.45) is 5.73 Å². The second-order valence-electron chi connectivity index (χ2n) is 3.32. The third-order valence-corrected chi connectivity index (χ3v) is 3.20. The first kappa shape index (κ1) is 8.23. The van der Waals surface area contributed by atoms with Gasteiger partial charge in [-0.1, -0.05) is 0 Å². The van der Waals surface area contributed by atoms with Crippen molar-refractivity contribution in [3.63, 3.8) is 0 Å². The van der Waals surface area contributed by atoms with Gasteiger partial charge in [-0.25, -0.2) is 0 Å². The highest BCUT2D eigenvalue weighted by molar-refractivity contribution is 7.07. The molecule has 3 N–H and O–H groups in total. The molecule has 2 nitrogen and oxygen atoms in total. The Hall–Kier alpha value is -0.380. The lowest BCUT2D eigenvalue weighted by Crippen LogP contribution is -2.44. The molecule has 0 aromatic carbocycles. The Morgan fingerprint density at radius 3 is 3.17 bits per heavy atom. The zero-order valence-electron chi connectivity index (χ0n) is 6.99. The van der Waals surface area contributed by atoms with Crippen LogP contribution >= 0.6 is 11.3 Å². The quantitative estimate of drug-likeness (QED) is 0.684. The van der Waals surface area contributed by atoms with Gasteiger partial charge >= 0.3 is 0 Å². The highest BCUT2D eigenvalue weighted by Crippen LogP contribution is 2.25. The first-order valence-corrected chi connectivity index (χ1v) is 5.30. The Bertz CT molecular complexity index is 233. The van der Waals surface area contributed by atoms with E-state index in [-0.39, 0.29) is 0 Å². The van der Waals surface area contributed by atoms with Crippen LogP contribution in [0.2, 0.25) is 0 Å². The van der Waals surface area contributed by atoms with Crippen LogP contribution < -0.4 is 11.1 Å².